The van der Waals surface area contributed by atoms with Gasteiger partial charge in [-0.25, -0.2) is 0 Å². The SMILES string of the molecule is CCNCc1cccc(CN2CCCC2(C)C)n1. The number of likely N-dealkylation sites (tertiary alicyclic amines) is 1. The average molecular weight is 247 g/mol. The number of nitrogens with one attached hydrogen (secondary N) is 1. The minimum Gasteiger partial charge on any atom is -0.311 e. The summed E-state index contributed by atoms with van der Waals surface area (Å²) in [7, 11) is 0. The third kappa shape index (κ3) is 3.30. The molecule has 0 atom stereocenters. The van der Waals surface area contributed by atoms with Gasteiger partial charge in [-0.1, -0.05) is 13.0 Å². The highest BCUT2D eigenvalue weighted by molar-refractivity contribution is 5.12. The van der Waals surface area contributed by atoms with Crippen LogP contribution < -0.4 is 5.32 Å². The van der Waals surface area contributed by atoms with Crippen molar-refractivity contribution in [2.45, 2.75) is 52.2 Å². The maximum atomic E-state index is 4.74. The van der Waals surface area contributed by atoms with Crippen LogP contribution in [0, 0.1) is 0 Å². The zero-order chi connectivity index (χ0) is 13.0. The summed E-state index contributed by atoms with van der Waals surface area (Å²) in [5.41, 5.74) is 2.67. The standard InChI is InChI=1S/C15H25N3/c1-4-16-11-13-7-5-8-14(17-13)12-18-10-6-9-15(18,2)3/h5,7-8,16H,4,6,9-12H2,1-3H3. The summed E-state index contributed by atoms with van der Waals surface area (Å²) < 4.78 is 0. The molecule has 0 saturated carbocycles. The second-order valence-electron chi connectivity index (χ2n) is 5.74. The van der Waals surface area contributed by atoms with E-state index < -0.39 is 0 Å². The van der Waals surface area contributed by atoms with Gasteiger partial charge in [-0.3, -0.25) is 9.88 Å². The number of aromatic nitrogens is 1. The first-order valence-electron chi connectivity index (χ1n) is 7.02. The van der Waals surface area contributed by atoms with Crippen LogP contribution in [0.25, 0.3) is 0 Å². The normalized spacial score (nSPS) is 19.3. The van der Waals surface area contributed by atoms with Crippen LogP contribution in [0.2, 0.25) is 0 Å². The molecular weight excluding hydrogens is 222 g/mol. The molecule has 0 aliphatic carbocycles. The smallest absolute Gasteiger partial charge is 0.0548 e. The molecule has 100 valence electrons. The van der Waals surface area contributed by atoms with Gasteiger partial charge in [0.2, 0.25) is 0 Å². The Labute approximate surface area is 111 Å². The van der Waals surface area contributed by atoms with Crippen LogP contribution in [0.1, 0.15) is 45.0 Å². The first kappa shape index (κ1) is 13.5. The van der Waals surface area contributed by atoms with Gasteiger partial charge in [0, 0.05) is 18.6 Å². The summed E-state index contributed by atoms with van der Waals surface area (Å²) in [6, 6.07) is 6.36. The number of nitrogens with zero attached hydrogens (tertiary/aromatic N) is 2. The maximum absolute atomic E-state index is 4.74. The van der Waals surface area contributed by atoms with Crippen molar-refractivity contribution >= 4 is 0 Å². The first-order valence-corrected chi connectivity index (χ1v) is 7.02. The second kappa shape index (κ2) is 5.81. The highest BCUT2D eigenvalue weighted by Crippen LogP contribution is 2.29. The minimum atomic E-state index is 0.333. The molecule has 0 radical (unpaired) electrons. The minimum absolute atomic E-state index is 0.333. The lowest BCUT2D eigenvalue weighted by Gasteiger charge is -2.31. The van der Waals surface area contributed by atoms with E-state index in [9.17, 15) is 0 Å². The highest BCUT2D eigenvalue weighted by Gasteiger charge is 2.31. The van der Waals surface area contributed by atoms with Crippen molar-refractivity contribution in [3.8, 4) is 0 Å². The summed E-state index contributed by atoms with van der Waals surface area (Å²) in [6.45, 7) is 10.8. The molecule has 1 fully saturated rings. The van der Waals surface area contributed by atoms with E-state index in [1.165, 1.54) is 25.1 Å². The fourth-order valence-electron chi connectivity index (χ4n) is 2.62. The fraction of sp³-hybridized carbons (Fsp3) is 0.667. The Morgan fingerprint density at radius 2 is 2.11 bits per heavy atom. The third-order valence-electron chi connectivity index (χ3n) is 3.85. The van der Waals surface area contributed by atoms with E-state index in [4.69, 9.17) is 4.98 Å². The molecular formula is C15H25N3. The summed E-state index contributed by atoms with van der Waals surface area (Å²) in [5.74, 6) is 0. The molecule has 0 bridgehead atoms. The van der Waals surface area contributed by atoms with Crippen molar-refractivity contribution in [1.29, 1.82) is 0 Å². The zero-order valence-corrected chi connectivity index (χ0v) is 11.9. The van der Waals surface area contributed by atoms with E-state index in [1.807, 2.05) is 0 Å². The molecule has 1 saturated heterocycles. The van der Waals surface area contributed by atoms with Gasteiger partial charge >= 0.3 is 0 Å². The van der Waals surface area contributed by atoms with E-state index in [0.717, 1.165) is 25.3 Å². The summed E-state index contributed by atoms with van der Waals surface area (Å²) in [4.78, 5) is 7.28. The van der Waals surface area contributed by atoms with Gasteiger partial charge < -0.3 is 5.32 Å². The molecule has 2 rings (SSSR count). The Balaban J connectivity index is 2.00. The molecule has 0 aromatic carbocycles. The Bertz CT molecular complexity index is 387. The van der Waals surface area contributed by atoms with Crippen LogP contribution in [0.3, 0.4) is 0 Å². The van der Waals surface area contributed by atoms with Crippen molar-refractivity contribution in [3.63, 3.8) is 0 Å². The van der Waals surface area contributed by atoms with Crippen LogP contribution in [0.4, 0.5) is 0 Å². The summed E-state index contributed by atoms with van der Waals surface area (Å²) in [6.07, 6.45) is 2.61. The van der Waals surface area contributed by atoms with E-state index in [1.54, 1.807) is 0 Å². The van der Waals surface area contributed by atoms with Gasteiger partial charge in [0.15, 0.2) is 0 Å². The Kier molecular flexibility index (Phi) is 4.36. The van der Waals surface area contributed by atoms with E-state index >= 15 is 0 Å². The Morgan fingerprint density at radius 1 is 1.33 bits per heavy atom. The largest absolute Gasteiger partial charge is 0.311 e. The first-order chi connectivity index (χ1) is 8.62. The highest BCUT2D eigenvalue weighted by atomic mass is 15.2. The van der Waals surface area contributed by atoms with Crippen molar-refractivity contribution in [2.75, 3.05) is 13.1 Å². The Morgan fingerprint density at radius 3 is 2.78 bits per heavy atom. The lowest BCUT2D eigenvalue weighted by Crippen LogP contribution is -2.37. The lowest BCUT2D eigenvalue weighted by molar-refractivity contribution is 0.164. The fourth-order valence-corrected chi connectivity index (χ4v) is 2.62. The van der Waals surface area contributed by atoms with Gasteiger partial charge in [-0.15, -0.1) is 0 Å². The average Bonchev–Trinajstić information content (AvgIpc) is 2.67. The lowest BCUT2D eigenvalue weighted by atomic mass is 10.0. The summed E-state index contributed by atoms with van der Waals surface area (Å²) >= 11 is 0. The molecule has 0 amide bonds. The number of rotatable bonds is 5. The van der Waals surface area contributed by atoms with Crippen molar-refractivity contribution < 1.29 is 0 Å². The Hall–Kier alpha value is -0.930. The van der Waals surface area contributed by atoms with Crippen LogP contribution in [0.15, 0.2) is 18.2 Å². The molecule has 2 heterocycles. The molecule has 3 nitrogen and oxygen atoms in total. The van der Waals surface area contributed by atoms with Crippen molar-refractivity contribution in [2.24, 2.45) is 0 Å². The van der Waals surface area contributed by atoms with Gasteiger partial charge in [-0.2, -0.15) is 0 Å². The van der Waals surface area contributed by atoms with E-state index in [2.05, 4.69) is 49.2 Å². The van der Waals surface area contributed by atoms with Gasteiger partial charge in [0.25, 0.3) is 0 Å². The van der Waals surface area contributed by atoms with Crippen LogP contribution in [-0.4, -0.2) is 28.5 Å². The van der Waals surface area contributed by atoms with Gasteiger partial charge in [0.1, 0.15) is 0 Å². The zero-order valence-electron chi connectivity index (χ0n) is 11.9. The third-order valence-corrected chi connectivity index (χ3v) is 3.85. The van der Waals surface area contributed by atoms with Crippen molar-refractivity contribution in [3.05, 3.63) is 29.6 Å². The van der Waals surface area contributed by atoms with Crippen LogP contribution >= 0.6 is 0 Å². The van der Waals surface area contributed by atoms with Gasteiger partial charge in [0.05, 0.1) is 11.4 Å². The van der Waals surface area contributed by atoms with Crippen LogP contribution in [-0.2, 0) is 13.1 Å². The maximum Gasteiger partial charge on any atom is 0.0548 e. The van der Waals surface area contributed by atoms with Crippen molar-refractivity contribution in [1.82, 2.24) is 15.2 Å². The monoisotopic (exact) mass is 247 g/mol. The molecule has 1 aliphatic rings. The quantitative estimate of drug-likeness (QED) is 0.867. The molecule has 1 aliphatic heterocycles. The number of hydrogen-bond donors (Lipinski definition) is 1. The van der Waals surface area contributed by atoms with E-state index in [0.29, 0.717) is 5.54 Å². The molecule has 1 aromatic heterocycles. The second-order valence-corrected chi connectivity index (χ2v) is 5.74. The van der Waals surface area contributed by atoms with Gasteiger partial charge in [-0.05, 0) is 51.9 Å². The number of hydrogen-bond acceptors (Lipinski definition) is 3. The van der Waals surface area contributed by atoms with E-state index in [-0.39, 0.29) is 0 Å². The molecule has 1 aromatic rings. The number of pyridine rings is 1. The molecule has 3 heteroatoms. The van der Waals surface area contributed by atoms with Crippen LogP contribution in [0.5, 0.6) is 0 Å². The predicted molar refractivity (Wildman–Crippen MR) is 75.3 cm³/mol. The summed E-state index contributed by atoms with van der Waals surface area (Å²) in [5, 5.41) is 3.33. The molecule has 1 N–H and O–H groups in total. The molecule has 0 unspecified atom stereocenters. The predicted octanol–water partition coefficient (Wildman–Crippen LogP) is 2.57. The molecule has 0 spiro atoms. The molecule has 18 heavy (non-hydrogen) atoms. The topological polar surface area (TPSA) is 28.2 Å².